The van der Waals surface area contributed by atoms with Gasteiger partial charge >= 0.3 is 0 Å². The van der Waals surface area contributed by atoms with E-state index in [0.717, 1.165) is 16.7 Å². The Morgan fingerprint density at radius 3 is 1.29 bits per heavy atom. The average Bonchev–Trinajstić information content (AvgIpc) is 3.23. The van der Waals surface area contributed by atoms with Crippen LogP contribution in [0.3, 0.4) is 0 Å². The lowest BCUT2D eigenvalue weighted by Gasteiger charge is -2.21. The molecule has 3 heterocycles. The standard InChI is InChI=1S/C14H16.2C13H15N.C10H14.C9H13N/c1-14(2,3)13-10-6-8-11-7-4-5-9-12(11)13;1-13(2,3)11-7-4-8-12-10(11)6-5-9-14-12;1-13(2,3)11-8-4-6-10-7-5-9-14-12(10)11;1-10(2,3)9-7-5-4-6-8-9;1-9(2,3)8-6-4-5-7-10-8/h4-10H,1-3H3;2*4-9H,1-3H3;4-8H,1-3H3;4-7H,1-3H3. The predicted molar refractivity (Wildman–Crippen MR) is 272 cm³/mol. The molecule has 0 aliphatic carbocycles. The maximum Gasteiger partial charge on any atom is 0.0739 e. The molecule has 0 saturated carbocycles. The second-order valence-corrected chi connectivity index (χ2v) is 21.1. The molecule has 0 fully saturated rings. The number of para-hydroxylation sites is 1. The van der Waals surface area contributed by atoms with E-state index in [0.29, 0.717) is 5.41 Å². The van der Waals surface area contributed by atoms with Gasteiger partial charge in [-0.2, -0.15) is 0 Å². The Kier molecular flexibility index (Phi) is 16.5. The van der Waals surface area contributed by atoms with Crippen LogP contribution >= 0.6 is 0 Å². The third kappa shape index (κ3) is 14.5. The predicted octanol–water partition coefficient (Wildman–Crippen LogP) is 16.6. The fourth-order valence-corrected chi connectivity index (χ4v) is 7.09. The van der Waals surface area contributed by atoms with Crippen molar-refractivity contribution in [1.82, 2.24) is 15.0 Å². The fraction of sp³-hybridized carbons (Fsp3) is 0.339. The summed E-state index contributed by atoms with van der Waals surface area (Å²) >= 11 is 0. The molecule has 0 aliphatic heterocycles. The van der Waals surface area contributed by atoms with E-state index in [4.69, 9.17) is 0 Å². The Morgan fingerprint density at radius 1 is 0.290 bits per heavy atom. The normalized spacial score (nSPS) is 11.8. The lowest BCUT2D eigenvalue weighted by Crippen LogP contribution is -2.12. The number of nitrogens with zero attached hydrogens (tertiary/aromatic N) is 3. The Bertz CT molecular complexity index is 2290. The highest BCUT2D eigenvalue weighted by atomic mass is 14.7. The van der Waals surface area contributed by atoms with Gasteiger partial charge in [-0.15, -0.1) is 0 Å². The van der Waals surface area contributed by atoms with Gasteiger partial charge in [0.1, 0.15) is 0 Å². The molecule has 0 N–H and O–H groups in total. The molecule has 324 valence electrons. The Labute approximate surface area is 375 Å². The third-order valence-electron chi connectivity index (χ3n) is 10.6. The van der Waals surface area contributed by atoms with Gasteiger partial charge in [-0.1, -0.05) is 225 Å². The number of aromatic nitrogens is 3. The van der Waals surface area contributed by atoms with Crippen LogP contribution in [0.15, 0.2) is 170 Å². The monoisotopic (exact) mass is 824 g/mol. The van der Waals surface area contributed by atoms with Crippen LogP contribution in [0.5, 0.6) is 0 Å². The molecule has 8 rings (SSSR count). The number of hydrogen-bond acceptors (Lipinski definition) is 3. The number of fused-ring (bicyclic) bond motifs is 3. The molecule has 0 aliphatic rings. The highest BCUT2D eigenvalue weighted by Gasteiger charge is 2.18. The van der Waals surface area contributed by atoms with Crippen molar-refractivity contribution in [2.75, 3.05) is 0 Å². The molecule has 3 heteroatoms. The molecule has 0 radical (unpaired) electrons. The van der Waals surface area contributed by atoms with Crippen LogP contribution < -0.4 is 0 Å². The van der Waals surface area contributed by atoms with Gasteiger partial charge in [0.05, 0.1) is 11.0 Å². The van der Waals surface area contributed by atoms with E-state index in [2.05, 4.69) is 246 Å². The lowest BCUT2D eigenvalue weighted by atomic mass is 9.84. The van der Waals surface area contributed by atoms with Gasteiger partial charge < -0.3 is 0 Å². The molecular weight excluding hydrogens is 751 g/mol. The van der Waals surface area contributed by atoms with Gasteiger partial charge in [-0.3, -0.25) is 15.0 Å². The summed E-state index contributed by atoms with van der Waals surface area (Å²) < 4.78 is 0. The van der Waals surface area contributed by atoms with Crippen LogP contribution in [0.1, 0.15) is 132 Å². The molecule has 0 bridgehead atoms. The Balaban J connectivity index is 0.000000172. The van der Waals surface area contributed by atoms with Crippen molar-refractivity contribution in [1.29, 1.82) is 0 Å². The third-order valence-corrected chi connectivity index (χ3v) is 10.6. The molecule has 3 nitrogen and oxygen atoms in total. The fourth-order valence-electron chi connectivity index (χ4n) is 7.09. The minimum Gasteiger partial charge on any atom is -0.261 e. The van der Waals surface area contributed by atoms with Gasteiger partial charge in [0.15, 0.2) is 0 Å². The zero-order valence-electron chi connectivity index (χ0n) is 40.5. The summed E-state index contributed by atoms with van der Waals surface area (Å²) in [5, 5.41) is 5.20. The van der Waals surface area contributed by atoms with Crippen LogP contribution in [-0.2, 0) is 27.1 Å². The summed E-state index contributed by atoms with van der Waals surface area (Å²) in [7, 11) is 0. The molecule has 8 aromatic rings. The molecular formula is C59H73N3. The first-order chi connectivity index (χ1) is 29.0. The summed E-state index contributed by atoms with van der Waals surface area (Å²) in [5.41, 5.74) is 9.90. The first-order valence-electron chi connectivity index (χ1n) is 22.1. The zero-order chi connectivity index (χ0) is 45.8. The summed E-state index contributed by atoms with van der Waals surface area (Å²) in [6.07, 6.45) is 5.53. The average molecular weight is 824 g/mol. The van der Waals surface area contributed by atoms with Gasteiger partial charge in [0.2, 0.25) is 0 Å². The molecule has 0 spiro atoms. The van der Waals surface area contributed by atoms with Crippen molar-refractivity contribution < 1.29 is 0 Å². The molecule has 0 amide bonds. The molecule has 0 saturated heterocycles. The van der Waals surface area contributed by atoms with E-state index in [-0.39, 0.29) is 21.7 Å². The van der Waals surface area contributed by atoms with Crippen LogP contribution in [0.25, 0.3) is 32.6 Å². The Morgan fingerprint density at radius 2 is 0.742 bits per heavy atom. The van der Waals surface area contributed by atoms with Crippen LogP contribution in [0, 0.1) is 0 Å². The molecule has 0 atom stereocenters. The quantitative estimate of drug-likeness (QED) is 0.153. The number of rotatable bonds is 0. The van der Waals surface area contributed by atoms with Crippen molar-refractivity contribution in [3.8, 4) is 0 Å². The number of hydrogen-bond donors (Lipinski definition) is 0. The zero-order valence-corrected chi connectivity index (χ0v) is 40.5. The van der Waals surface area contributed by atoms with Crippen LogP contribution in [0.4, 0.5) is 0 Å². The largest absolute Gasteiger partial charge is 0.261 e. The maximum atomic E-state index is 4.45. The molecule has 3 aromatic heterocycles. The Hall–Kier alpha value is -5.67. The van der Waals surface area contributed by atoms with Gasteiger partial charge in [0.25, 0.3) is 0 Å². The van der Waals surface area contributed by atoms with Crippen LogP contribution in [-0.4, -0.2) is 15.0 Å². The first-order valence-corrected chi connectivity index (χ1v) is 22.1. The SMILES string of the molecule is CC(C)(C)c1cccc2ccccc12.CC(C)(C)c1cccc2cccnc12.CC(C)(C)c1cccc2ncccc12.CC(C)(C)c1ccccc1.CC(C)(C)c1ccccn1. The summed E-state index contributed by atoms with van der Waals surface area (Å²) in [6.45, 7) is 33.3. The minimum absolute atomic E-state index is 0.161. The van der Waals surface area contributed by atoms with Gasteiger partial charge in [-0.25, -0.2) is 0 Å². The topological polar surface area (TPSA) is 38.7 Å². The van der Waals surface area contributed by atoms with Crippen molar-refractivity contribution in [2.45, 2.75) is 131 Å². The first kappa shape index (κ1) is 49.0. The van der Waals surface area contributed by atoms with E-state index in [9.17, 15) is 0 Å². The van der Waals surface area contributed by atoms with Crippen molar-refractivity contribution in [3.05, 3.63) is 198 Å². The lowest BCUT2D eigenvalue weighted by molar-refractivity contribution is 0.569. The number of pyridine rings is 3. The van der Waals surface area contributed by atoms with Crippen molar-refractivity contribution in [3.63, 3.8) is 0 Å². The van der Waals surface area contributed by atoms with E-state index < -0.39 is 0 Å². The van der Waals surface area contributed by atoms with Crippen molar-refractivity contribution >= 4 is 32.6 Å². The van der Waals surface area contributed by atoms with Gasteiger partial charge in [-0.05, 0) is 85.0 Å². The van der Waals surface area contributed by atoms with E-state index in [1.165, 1.54) is 43.8 Å². The maximum absolute atomic E-state index is 4.45. The smallest absolute Gasteiger partial charge is 0.0739 e. The van der Waals surface area contributed by atoms with Crippen molar-refractivity contribution in [2.24, 2.45) is 0 Å². The van der Waals surface area contributed by atoms with Crippen LogP contribution in [0.2, 0.25) is 0 Å². The summed E-state index contributed by atoms with van der Waals surface area (Å²) in [6, 6.07) is 52.6. The second kappa shape index (κ2) is 20.9. The minimum atomic E-state index is 0.161. The van der Waals surface area contributed by atoms with Gasteiger partial charge in [0, 0.05) is 40.5 Å². The number of benzene rings is 5. The van der Waals surface area contributed by atoms with E-state index >= 15 is 0 Å². The summed E-state index contributed by atoms with van der Waals surface area (Å²) in [4.78, 5) is 13.1. The second-order valence-electron chi connectivity index (χ2n) is 21.1. The molecule has 62 heavy (non-hydrogen) atoms. The van der Waals surface area contributed by atoms with E-state index in [1.807, 2.05) is 42.9 Å². The summed E-state index contributed by atoms with van der Waals surface area (Å²) in [5.74, 6) is 0. The highest BCUT2D eigenvalue weighted by Crippen LogP contribution is 2.31. The molecule has 5 aromatic carbocycles. The van der Waals surface area contributed by atoms with E-state index in [1.54, 1.807) is 0 Å². The molecule has 0 unspecified atom stereocenters. The highest BCUT2D eigenvalue weighted by molar-refractivity contribution is 5.86.